The minimum Gasteiger partial charge on any atom is -0.482 e. The van der Waals surface area contributed by atoms with Crippen LogP contribution < -0.4 is 26.2 Å². The second kappa shape index (κ2) is 8.27. The number of aromatic amines is 1. The molecule has 0 unspecified atom stereocenters. The summed E-state index contributed by atoms with van der Waals surface area (Å²) in [6.45, 7) is 1.84. The van der Waals surface area contributed by atoms with Gasteiger partial charge in [-0.2, -0.15) is 0 Å². The molecule has 10 nitrogen and oxygen atoms in total. The van der Waals surface area contributed by atoms with E-state index >= 15 is 0 Å². The van der Waals surface area contributed by atoms with Crippen LogP contribution in [0.1, 0.15) is 28.7 Å². The summed E-state index contributed by atoms with van der Waals surface area (Å²) in [5.41, 5.74) is 1.94. The van der Waals surface area contributed by atoms with Crippen LogP contribution in [0, 0.1) is 0 Å². The molecular weight excluding hydrogens is 402 g/mol. The van der Waals surface area contributed by atoms with E-state index in [-0.39, 0.29) is 30.8 Å². The normalized spacial score (nSPS) is 12.5. The van der Waals surface area contributed by atoms with Gasteiger partial charge in [0.25, 0.3) is 17.4 Å². The monoisotopic (exact) mass is 421 g/mol. The van der Waals surface area contributed by atoms with Crippen LogP contribution in [0.5, 0.6) is 5.75 Å². The van der Waals surface area contributed by atoms with Crippen molar-refractivity contribution in [2.75, 3.05) is 11.9 Å². The summed E-state index contributed by atoms with van der Waals surface area (Å²) < 4.78 is 5.31. The SMILES string of the molecule is CC(=O)NCc1ccc2nc(C(=O)NCc3ccc4c(c3)NC(=O)CO4)[nH]c(=O)c2c1. The van der Waals surface area contributed by atoms with E-state index in [0.717, 1.165) is 11.1 Å². The number of ether oxygens (including phenoxy) is 1. The molecule has 1 aliphatic rings. The maximum Gasteiger partial charge on any atom is 0.287 e. The maximum absolute atomic E-state index is 12.5. The Morgan fingerprint density at radius 3 is 2.61 bits per heavy atom. The van der Waals surface area contributed by atoms with Gasteiger partial charge in [-0.25, -0.2) is 4.98 Å². The van der Waals surface area contributed by atoms with Crippen LogP contribution in [0.3, 0.4) is 0 Å². The van der Waals surface area contributed by atoms with Crippen LogP contribution in [0.4, 0.5) is 5.69 Å². The number of hydrogen-bond acceptors (Lipinski definition) is 6. The molecule has 0 aliphatic carbocycles. The average molecular weight is 421 g/mol. The number of anilines is 1. The third-order valence-electron chi connectivity index (χ3n) is 4.66. The quantitative estimate of drug-likeness (QED) is 0.480. The molecule has 2 heterocycles. The number of rotatable bonds is 5. The molecule has 0 bridgehead atoms. The summed E-state index contributed by atoms with van der Waals surface area (Å²) in [5.74, 6) is -0.506. The summed E-state index contributed by atoms with van der Waals surface area (Å²) in [6.07, 6.45) is 0. The topological polar surface area (TPSA) is 142 Å². The highest BCUT2D eigenvalue weighted by atomic mass is 16.5. The van der Waals surface area contributed by atoms with Gasteiger partial charge in [-0.1, -0.05) is 12.1 Å². The fourth-order valence-electron chi connectivity index (χ4n) is 3.14. The van der Waals surface area contributed by atoms with E-state index in [9.17, 15) is 19.2 Å². The van der Waals surface area contributed by atoms with Crippen molar-refractivity contribution in [2.45, 2.75) is 20.0 Å². The Morgan fingerprint density at radius 1 is 1.06 bits per heavy atom. The molecule has 1 aliphatic heterocycles. The third kappa shape index (κ3) is 4.53. The molecule has 0 saturated carbocycles. The molecule has 2 aromatic carbocycles. The van der Waals surface area contributed by atoms with Gasteiger partial charge in [-0.3, -0.25) is 19.2 Å². The van der Waals surface area contributed by atoms with E-state index in [2.05, 4.69) is 25.9 Å². The lowest BCUT2D eigenvalue weighted by Gasteiger charge is -2.18. The molecule has 10 heteroatoms. The summed E-state index contributed by atoms with van der Waals surface area (Å²) >= 11 is 0. The zero-order valence-electron chi connectivity index (χ0n) is 16.6. The molecule has 0 atom stereocenters. The van der Waals surface area contributed by atoms with Crippen LogP contribution in [0.25, 0.3) is 10.9 Å². The van der Waals surface area contributed by atoms with Gasteiger partial charge >= 0.3 is 0 Å². The minimum atomic E-state index is -0.542. The van der Waals surface area contributed by atoms with Crippen molar-refractivity contribution in [3.63, 3.8) is 0 Å². The fourth-order valence-corrected chi connectivity index (χ4v) is 3.14. The summed E-state index contributed by atoms with van der Waals surface area (Å²) in [7, 11) is 0. The highest BCUT2D eigenvalue weighted by molar-refractivity contribution is 5.95. The molecule has 31 heavy (non-hydrogen) atoms. The molecule has 0 fully saturated rings. The first-order valence-corrected chi connectivity index (χ1v) is 9.50. The van der Waals surface area contributed by atoms with Crippen molar-refractivity contribution < 1.29 is 19.1 Å². The fraction of sp³-hybridized carbons (Fsp3) is 0.190. The number of H-pyrrole nitrogens is 1. The highest BCUT2D eigenvalue weighted by Crippen LogP contribution is 2.28. The number of nitrogens with one attached hydrogen (secondary N) is 4. The first kappa shape index (κ1) is 20.1. The Morgan fingerprint density at radius 2 is 1.81 bits per heavy atom. The van der Waals surface area contributed by atoms with Gasteiger partial charge < -0.3 is 25.7 Å². The van der Waals surface area contributed by atoms with E-state index in [1.54, 1.807) is 36.4 Å². The number of benzene rings is 2. The minimum absolute atomic E-state index is 0.0290. The van der Waals surface area contributed by atoms with Crippen molar-refractivity contribution in [2.24, 2.45) is 0 Å². The van der Waals surface area contributed by atoms with E-state index in [1.165, 1.54) is 6.92 Å². The van der Waals surface area contributed by atoms with Crippen molar-refractivity contribution >= 4 is 34.3 Å². The van der Waals surface area contributed by atoms with E-state index < -0.39 is 11.5 Å². The predicted octanol–water partition coefficient (Wildman–Crippen LogP) is 0.820. The Labute approximate surface area is 176 Å². The lowest BCUT2D eigenvalue weighted by Crippen LogP contribution is -2.28. The van der Waals surface area contributed by atoms with Gasteiger partial charge in [-0.15, -0.1) is 0 Å². The molecule has 158 valence electrons. The second-order valence-electron chi connectivity index (χ2n) is 7.03. The number of aromatic nitrogens is 2. The Balaban J connectivity index is 1.48. The van der Waals surface area contributed by atoms with Gasteiger partial charge in [0.15, 0.2) is 12.4 Å². The first-order valence-electron chi connectivity index (χ1n) is 9.50. The standard InChI is InChI=1S/C21H19N5O5/c1-11(27)22-8-12-2-4-15-14(6-12)20(29)26-19(25-15)21(30)23-9-13-3-5-17-16(7-13)24-18(28)10-31-17/h2-7H,8-10H2,1H3,(H,22,27)(H,23,30)(H,24,28)(H,25,26,29). The van der Waals surface area contributed by atoms with Crippen LogP contribution in [-0.2, 0) is 22.7 Å². The lowest BCUT2D eigenvalue weighted by molar-refractivity contribution is -0.119. The summed E-state index contributed by atoms with van der Waals surface area (Å²) in [4.78, 5) is 54.2. The van der Waals surface area contributed by atoms with E-state index in [0.29, 0.717) is 28.9 Å². The molecule has 0 saturated heterocycles. The molecule has 3 amide bonds. The van der Waals surface area contributed by atoms with Crippen LogP contribution in [0.2, 0.25) is 0 Å². The summed E-state index contributed by atoms with van der Waals surface area (Å²) in [6, 6.07) is 10.2. The number of hydrogen-bond donors (Lipinski definition) is 4. The van der Waals surface area contributed by atoms with Gasteiger partial charge in [0.2, 0.25) is 5.91 Å². The zero-order valence-corrected chi connectivity index (χ0v) is 16.6. The van der Waals surface area contributed by atoms with Crippen LogP contribution in [0.15, 0.2) is 41.2 Å². The Hall–Kier alpha value is -4.21. The Bertz CT molecular complexity index is 1270. The van der Waals surface area contributed by atoms with Crippen LogP contribution >= 0.6 is 0 Å². The third-order valence-corrected chi connectivity index (χ3v) is 4.66. The molecular formula is C21H19N5O5. The molecule has 4 rings (SSSR count). The van der Waals surface area contributed by atoms with Crippen molar-refractivity contribution in [1.82, 2.24) is 20.6 Å². The predicted molar refractivity (Wildman–Crippen MR) is 112 cm³/mol. The smallest absolute Gasteiger partial charge is 0.287 e. The Kier molecular flexibility index (Phi) is 5.35. The largest absolute Gasteiger partial charge is 0.482 e. The summed E-state index contributed by atoms with van der Waals surface area (Å²) in [5, 5.41) is 8.39. The number of carbonyl (C=O) groups is 3. The molecule has 4 N–H and O–H groups in total. The van der Waals surface area contributed by atoms with Gasteiger partial charge in [-0.05, 0) is 35.4 Å². The van der Waals surface area contributed by atoms with E-state index in [4.69, 9.17) is 4.74 Å². The molecule has 1 aromatic heterocycles. The number of nitrogens with zero attached hydrogens (tertiary/aromatic N) is 1. The van der Waals surface area contributed by atoms with Crippen LogP contribution in [-0.4, -0.2) is 34.3 Å². The van der Waals surface area contributed by atoms with Gasteiger partial charge in [0.1, 0.15) is 5.75 Å². The highest BCUT2D eigenvalue weighted by Gasteiger charge is 2.17. The van der Waals surface area contributed by atoms with Crippen molar-refractivity contribution in [3.05, 3.63) is 63.7 Å². The molecule has 0 radical (unpaired) electrons. The number of fused-ring (bicyclic) bond motifs is 2. The van der Waals surface area contributed by atoms with Gasteiger partial charge in [0, 0.05) is 20.0 Å². The first-order chi connectivity index (χ1) is 14.9. The average Bonchev–Trinajstić information content (AvgIpc) is 2.75. The molecule has 0 spiro atoms. The second-order valence-corrected chi connectivity index (χ2v) is 7.03. The molecule has 3 aromatic rings. The van der Waals surface area contributed by atoms with Gasteiger partial charge in [0.05, 0.1) is 16.6 Å². The van der Waals surface area contributed by atoms with Crippen molar-refractivity contribution in [3.8, 4) is 5.75 Å². The lowest BCUT2D eigenvalue weighted by atomic mass is 10.1. The number of carbonyl (C=O) groups excluding carboxylic acids is 3. The maximum atomic E-state index is 12.5. The van der Waals surface area contributed by atoms with Crippen molar-refractivity contribution in [1.29, 1.82) is 0 Å². The zero-order chi connectivity index (χ0) is 22.0. The number of amides is 3. The van der Waals surface area contributed by atoms with E-state index in [1.807, 2.05) is 0 Å².